The average Bonchev–Trinajstić information content (AvgIpc) is 2.46. The van der Waals surface area contributed by atoms with Gasteiger partial charge in [0.05, 0.1) is 12.0 Å². The fourth-order valence-corrected chi connectivity index (χ4v) is 2.59. The molecule has 0 saturated carbocycles. The first-order valence-electron chi connectivity index (χ1n) is 6.94. The van der Waals surface area contributed by atoms with Gasteiger partial charge in [0.2, 0.25) is 5.91 Å². The zero-order chi connectivity index (χ0) is 13.8. The van der Waals surface area contributed by atoms with Crippen LogP contribution in [0.5, 0.6) is 0 Å². The van der Waals surface area contributed by atoms with Crippen molar-refractivity contribution in [3.8, 4) is 0 Å². The Labute approximate surface area is 114 Å². The molecule has 0 aliphatic carbocycles. The number of amides is 1. The predicted molar refractivity (Wildman–Crippen MR) is 75.8 cm³/mol. The van der Waals surface area contributed by atoms with E-state index in [4.69, 9.17) is 5.73 Å². The SMILES string of the molecule is CC[C@@H](O)c1ccc(N2CCCC(C(N)=O)C2)cc1. The molecule has 2 atom stereocenters. The Morgan fingerprint density at radius 3 is 2.74 bits per heavy atom. The molecular formula is C15H22N2O2. The standard InChI is InChI=1S/C15H22N2O2/c1-2-14(18)11-5-7-13(8-6-11)17-9-3-4-12(10-17)15(16)19/h5-8,12,14,18H,2-4,9-10H2,1H3,(H2,16,19)/t12?,14-/m1/s1. The highest BCUT2D eigenvalue weighted by atomic mass is 16.3. The van der Waals surface area contributed by atoms with Crippen molar-refractivity contribution < 1.29 is 9.90 Å². The number of benzene rings is 1. The summed E-state index contributed by atoms with van der Waals surface area (Å²) in [7, 11) is 0. The molecule has 0 radical (unpaired) electrons. The summed E-state index contributed by atoms with van der Waals surface area (Å²) in [5, 5.41) is 9.77. The van der Waals surface area contributed by atoms with Crippen LogP contribution in [0, 0.1) is 5.92 Å². The quantitative estimate of drug-likeness (QED) is 0.870. The lowest BCUT2D eigenvalue weighted by atomic mass is 9.96. The molecule has 1 aliphatic heterocycles. The normalized spacial score (nSPS) is 21.2. The lowest BCUT2D eigenvalue weighted by Gasteiger charge is -2.33. The molecule has 0 spiro atoms. The third-order valence-electron chi connectivity index (χ3n) is 3.85. The number of aliphatic hydroxyl groups is 1. The van der Waals surface area contributed by atoms with Crippen LogP contribution in [-0.2, 0) is 4.79 Å². The van der Waals surface area contributed by atoms with E-state index in [2.05, 4.69) is 4.90 Å². The molecular weight excluding hydrogens is 240 g/mol. The maximum absolute atomic E-state index is 11.3. The second-order valence-corrected chi connectivity index (χ2v) is 5.20. The van der Waals surface area contributed by atoms with Crippen molar-refractivity contribution >= 4 is 11.6 Å². The van der Waals surface area contributed by atoms with Gasteiger partial charge in [0, 0.05) is 18.8 Å². The molecule has 0 aromatic heterocycles. The lowest BCUT2D eigenvalue weighted by molar-refractivity contribution is -0.122. The van der Waals surface area contributed by atoms with Crippen LogP contribution in [-0.4, -0.2) is 24.1 Å². The minimum absolute atomic E-state index is 0.0466. The Balaban J connectivity index is 2.07. The molecule has 4 nitrogen and oxygen atoms in total. The zero-order valence-electron chi connectivity index (χ0n) is 11.4. The van der Waals surface area contributed by atoms with Gasteiger partial charge in [-0.15, -0.1) is 0 Å². The van der Waals surface area contributed by atoms with E-state index in [-0.39, 0.29) is 11.8 Å². The third-order valence-corrected chi connectivity index (χ3v) is 3.85. The molecule has 1 saturated heterocycles. The zero-order valence-corrected chi connectivity index (χ0v) is 11.4. The van der Waals surface area contributed by atoms with Gasteiger partial charge in [0.1, 0.15) is 0 Å². The number of primary amides is 1. The Kier molecular flexibility index (Phi) is 4.43. The number of carbonyl (C=O) groups is 1. The number of rotatable bonds is 4. The molecule has 1 amide bonds. The Morgan fingerprint density at radius 1 is 1.47 bits per heavy atom. The van der Waals surface area contributed by atoms with Crippen LogP contribution in [0.15, 0.2) is 24.3 Å². The summed E-state index contributed by atoms with van der Waals surface area (Å²) in [6.07, 6.45) is 2.20. The third kappa shape index (κ3) is 3.26. The van der Waals surface area contributed by atoms with Crippen molar-refractivity contribution in [3.05, 3.63) is 29.8 Å². The number of piperidine rings is 1. The predicted octanol–water partition coefficient (Wildman–Crippen LogP) is 1.83. The molecule has 2 rings (SSSR count). The average molecular weight is 262 g/mol. The number of nitrogens with zero attached hydrogens (tertiary/aromatic N) is 1. The second kappa shape index (κ2) is 6.06. The van der Waals surface area contributed by atoms with Crippen molar-refractivity contribution in [2.24, 2.45) is 11.7 Å². The molecule has 3 N–H and O–H groups in total. The van der Waals surface area contributed by atoms with E-state index in [9.17, 15) is 9.90 Å². The first-order valence-corrected chi connectivity index (χ1v) is 6.94. The highest BCUT2D eigenvalue weighted by molar-refractivity contribution is 5.77. The van der Waals surface area contributed by atoms with Gasteiger partial charge in [-0.2, -0.15) is 0 Å². The van der Waals surface area contributed by atoms with Crippen LogP contribution in [0.3, 0.4) is 0 Å². The Hall–Kier alpha value is -1.55. The van der Waals surface area contributed by atoms with Gasteiger partial charge < -0.3 is 15.7 Å². The van der Waals surface area contributed by atoms with Crippen LogP contribution in [0.4, 0.5) is 5.69 Å². The number of hydrogen-bond acceptors (Lipinski definition) is 3. The maximum Gasteiger partial charge on any atom is 0.222 e. The minimum Gasteiger partial charge on any atom is -0.388 e. The summed E-state index contributed by atoms with van der Waals surface area (Å²) in [4.78, 5) is 13.5. The van der Waals surface area contributed by atoms with E-state index in [0.29, 0.717) is 13.0 Å². The largest absolute Gasteiger partial charge is 0.388 e. The van der Waals surface area contributed by atoms with E-state index in [1.54, 1.807) is 0 Å². The number of anilines is 1. The minimum atomic E-state index is -0.395. The summed E-state index contributed by atoms with van der Waals surface area (Å²) in [6, 6.07) is 7.93. The van der Waals surface area contributed by atoms with Crippen molar-refractivity contribution in [1.29, 1.82) is 0 Å². The molecule has 104 valence electrons. The van der Waals surface area contributed by atoms with Gasteiger partial charge in [0.25, 0.3) is 0 Å². The van der Waals surface area contributed by atoms with Crippen molar-refractivity contribution in [2.45, 2.75) is 32.3 Å². The summed E-state index contributed by atoms with van der Waals surface area (Å²) >= 11 is 0. The number of aliphatic hydroxyl groups excluding tert-OH is 1. The van der Waals surface area contributed by atoms with Crippen LogP contribution in [0.1, 0.15) is 37.9 Å². The highest BCUT2D eigenvalue weighted by Gasteiger charge is 2.24. The first kappa shape index (κ1) is 13.9. The summed E-state index contributed by atoms with van der Waals surface area (Å²) in [5.41, 5.74) is 7.43. The van der Waals surface area contributed by atoms with Crippen molar-refractivity contribution in [1.82, 2.24) is 0 Å². The van der Waals surface area contributed by atoms with Gasteiger partial charge >= 0.3 is 0 Å². The van der Waals surface area contributed by atoms with E-state index in [1.807, 2.05) is 31.2 Å². The van der Waals surface area contributed by atoms with Crippen LogP contribution < -0.4 is 10.6 Å². The fraction of sp³-hybridized carbons (Fsp3) is 0.533. The van der Waals surface area contributed by atoms with Crippen LogP contribution in [0.25, 0.3) is 0 Å². The fourth-order valence-electron chi connectivity index (χ4n) is 2.59. The Bertz CT molecular complexity index is 430. The number of carbonyl (C=O) groups excluding carboxylic acids is 1. The molecule has 1 aliphatic rings. The molecule has 1 aromatic rings. The van der Waals surface area contributed by atoms with Crippen molar-refractivity contribution in [3.63, 3.8) is 0 Å². The molecule has 1 heterocycles. The topological polar surface area (TPSA) is 66.6 Å². The molecule has 19 heavy (non-hydrogen) atoms. The van der Waals surface area contributed by atoms with E-state index in [0.717, 1.165) is 30.6 Å². The second-order valence-electron chi connectivity index (χ2n) is 5.20. The van der Waals surface area contributed by atoms with Gasteiger partial charge in [-0.25, -0.2) is 0 Å². The number of nitrogens with two attached hydrogens (primary N) is 1. The first-order chi connectivity index (χ1) is 9.11. The smallest absolute Gasteiger partial charge is 0.222 e. The van der Waals surface area contributed by atoms with Gasteiger partial charge in [0.15, 0.2) is 0 Å². The highest BCUT2D eigenvalue weighted by Crippen LogP contribution is 2.25. The maximum atomic E-state index is 11.3. The van der Waals surface area contributed by atoms with Gasteiger partial charge in [-0.05, 0) is 37.0 Å². The monoisotopic (exact) mass is 262 g/mol. The Morgan fingerprint density at radius 2 is 2.16 bits per heavy atom. The number of hydrogen-bond donors (Lipinski definition) is 2. The summed E-state index contributed by atoms with van der Waals surface area (Å²) < 4.78 is 0. The van der Waals surface area contributed by atoms with Gasteiger partial charge in [-0.1, -0.05) is 19.1 Å². The summed E-state index contributed by atoms with van der Waals surface area (Å²) in [6.45, 7) is 3.62. The van der Waals surface area contributed by atoms with E-state index in [1.165, 1.54) is 0 Å². The summed E-state index contributed by atoms with van der Waals surface area (Å²) in [5.74, 6) is -0.252. The van der Waals surface area contributed by atoms with Gasteiger partial charge in [-0.3, -0.25) is 4.79 Å². The lowest BCUT2D eigenvalue weighted by Crippen LogP contribution is -2.41. The molecule has 0 bridgehead atoms. The molecule has 1 aromatic carbocycles. The van der Waals surface area contributed by atoms with Crippen molar-refractivity contribution in [2.75, 3.05) is 18.0 Å². The van der Waals surface area contributed by atoms with E-state index >= 15 is 0 Å². The molecule has 1 fully saturated rings. The molecule has 4 heteroatoms. The van der Waals surface area contributed by atoms with Crippen LogP contribution in [0.2, 0.25) is 0 Å². The van der Waals surface area contributed by atoms with Crippen LogP contribution >= 0.6 is 0 Å². The van der Waals surface area contributed by atoms with E-state index < -0.39 is 6.10 Å². The molecule has 1 unspecified atom stereocenters.